The van der Waals surface area contributed by atoms with Crippen LogP contribution in [0.2, 0.25) is 0 Å². The van der Waals surface area contributed by atoms with Crippen molar-refractivity contribution in [2.24, 2.45) is 5.92 Å². The standard InChI is InChI=1S/C23H26N2O5S/c1-4-15-7-10-18(24-12-15)19(30-22(27)14(2)3)13-29-17-8-5-16(6-9-17)11-20-21(26)25-23(28)31-20/h5-10,12,14,19,26H,4,11,13H2,1-3H3,(H,25,28). The van der Waals surface area contributed by atoms with Crippen LogP contribution >= 0.6 is 11.3 Å². The highest BCUT2D eigenvalue weighted by molar-refractivity contribution is 7.09. The van der Waals surface area contributed by atoms with Crippen LogP contribution in [-0.2, 0) is 22.4 Å². The van der Waals surface area contributed by atoms with E-state index in [-0.39, 0.29) is 29.2 Å². The topological polar surface area (TPSA) is 102 Å². The number of benzene rings is 1. The Morgan fingerprint density at radius 1 is 1.16 bits per heavy atom. The molecule has 0 aliphatic rings. The second kappa shape index (κ2) is 10.3. The first-order valence-corrected chi connectivity index (χ1v) is 10.9. The number of thiazole rings is 1. The third-order valence-corrected chi connectivity index (χ3v) is 5.58. The largest absolute Gasteiger partial charge is 0.494 e. The Bertz CT molecular complexity index is 1050. The number of nitrogens with zero attached hydrogens (tertiary/aromatic N) is 1. The fourth-order valence-corrected chi connectivity index (χ4v) is 3.58. The number of aromatic hydroxyl groups is 1. The van der Waals surface area contributed by atoms with Gasteiger partial charge in [-0.1, -0.05) is 50.3 Å². The number of hydrogen-bond donors (Lipinski definition) is 2. The maximum Gasteiger partial charge on any atom is 0.309 e. The number of rotatable bonds is 9. The second-order valence-corrected chi connectivity index (χ2v) is 8.51. The smallest absolute Gasteiger partial charge is 0.309 e. The lowest BCUT2D eigenvalue weighted by molar-refractivity contribution is -0.155. The van der Waals surface area contributed by atoms with E-state index in [0.717, 1.165) is 28.9 Å². The zero-order valence-electron chi connectivity index (χ0n) is 17.8. The summed E-state index contributed by atoms with van der Waals surface area (Å²) in [5.41, 5.74) is 2.67. The molecule has 1 unspecified atom stereocenters. The third kappa shape index (κ3) is 6.18. The zero-order valence-corrected chi connectivity index (χ0v) is 18.6. The maximum atomic E-state index is 12.2. The Morgan fingerprint density at radius 3 is 2.42 bits per heavy atom. The number of carbonyl (C=O) groups is 1. The van der Waals surface area contributed by atoms with Gasteiger partial charge in [0.15, 0.2) is 6.10 Å². The second-order valence-electron chi connectivity index (χ2n) is 7.44. The SMILES string of the molecule is CCc1ccc(C(COc2ccc(Cc3sc(=O)[nH]c3O)cc2)OC(=O)C(C)C)nc1. The van der Waals surface area contributed by atoms with Crippen LogP contribution < -0.4 is 9.61 Å². The maximum absolute atomic E-state index is 12.2. The van der Waals surface area contributed by atoms with Crippen molar-refractivity contribution < 1.29 is 19.4 Å². The normalized spacial score (nSPS) is 12.0. The lowest BCUT2D eigenvalue weighted by Crippen LogP contribution is -2.22. The molecule has 3 aromatic rings. The first-order chi connectivity index (χ1) is 14.9. The van der Waals surface area contributed by atoms with Crippen LogP contribution in [0.4, 0.5) is 0 Å². The van der Waals surface area contributed by atoms with Crippen LogP contribution in [-0.4, -0.2) is 27.7 Å². The molecule has 0 aliphatic carbocycles. The summed E-state index contributed by atoms with van der Waals surface area (Å²) in [4.78, 5) is 30.6. The molecule has 0 radical (unpaired) electrons. The van der Waals surface area contributed by atoms with Gasteiger partial charge in [0.2, 0.25) is 5.88 Å². The highest BCUT2D eigenvalue weighted by Crippen LogP contribution is 2.23. The van der Waals surface area contributed by atoms with E-state index < -0.39 is 6.10 Å². The zero-order chi connectivity index (χ0) is 22.4. The molecule has 1 aromatic carbocycles. The average Bonchev–Trinajstić information content (AvgIpc) is 3.08. The lowest BCUT2D eigenvalue weighted by Gasteiger charge is -2.19. The summed E-state index contributed by atoms with van der Waals surface area (Å²) in [5, 5.41) is 9.73. The van der Waals surface area contributed by atoms with Crippen molar-refractivity contribution in [2.45, 2.75) is 39.7 Å². The minimum atomic E-state index is -0.616. The highest BCUT2D eigenvalue weighted by atomic mass is 32.1. The van der Waals surface area contributed by atoms with Crippen LogP contribution in [0, 0.1) is 5.92 Å². The first kappa shape index (κ1) is 22.6. The molecule has 7 nitrogen and oxygen atoms in total. The molecule has 164 valence electrons. The number of pyridine rings is 1. The van der Waals surface area contributed by atoms with E-state index in [9.17, 15) is 14.7 Å². The minimum Gasteiger partial charge on any atom is -0.494 e. The molecule has 0 saturated heterocycles. The van der Waals surface area contributed by atoms with Crippen molar-refractivity contribution in [3.8, 4) is 11.6 Å². The van der Waals surface area contributed by atoms with Crippen LogP contribution in [0.5, 0.6) is 11.6 Å². The molecule has 0 spiro atoms. The van der Waals surface area contributed by atoms with Gasteiger partial charge in [-0.2, -0.15) is 0 Å². The van der Waals surface area contributed by atoms with Crippen molar-refractivity contribution in [1.29, 1.82) is 0 Å². The van der Waals surface area contributed by atoms with Crippen molar-refractivity contribution in [1.82, 2.24) is 9.97 Å². The summed E-state index contributed by atoms with van der Waals surface area (Å²) in [6, 6.07) is 11.2. The van der Waals surface area contributed by atoms with Gasteiger partial charge in [-0.05, 0) is 35.7 Å². The summed E-state index contributed by atoms with van der Waals surface area (Å²) >= 11 is 0.988. The molecule has 2 aromatic heterocycles. The molecule has 0 aliphatic heterocycles. The Morgan fingerprint density at radius 2 is 1.87 bits per heavy atom. The molecule has 1 atom stereocenters. The van der Waals surface area contributed by atoms with Crippen LogP contribution in [0.25, 0.3) is 0 Å². The van der Waals surface area contributed by atoms with Gasteiger partial charge in [-0.25, -0.2) is 0 Å². The summed E-state index contributed by atoms with van der Waals surface area (Å²) in [6.45, 7) is 5.75. The summed E-state index contributed by atoms with van der Waals surface area (Å²) in [6.07, 6.45) is 2.49. The quantitative estimate of drug-likeness (QED) is 0.486. The molecule has 31 heavy (non-hydrogen) atoms. The van der Waals surface area contributed by atoms with E-state index in [0.29, 0.717) is 22.7 Å². The van der Waals surface area contributed by atoms with Gasteiger partial charge >= 0.3 is 10.8 Å². The molecule has 0 amide bonds. The van der Waals surface area contributed by atoms with E-state index >= 15 is 0 Å². The number of ether oxygens (including phenoxy) is 2. The van der Waals surface area contributed by atoms with Crippen molar-refractivity contribution >= 4 is 17.3 Å². The third-order valence-electron chi connectivity index (χ3n) is 4.71. The van der Waals surface area contributed by atoms with Gasteiger partial charge in [-0.3, -0.25) is 19.6 Å². The van der Waals surface area contributed by atoms with Gasteiger partial charge in [0.05, 0.1) is 16.5 Å². The molecule has 0 saturated carbocycles. The highest BCUT2D eigenvalue weighted by Gasteiger charge is 2.21. The first-order valence-electron chi connectivity index (χ1n) is 10.1. The average molecular weight is 443 g/mol. The minimum absolute atomic E-state index is 0.0910. The number of aryl methyl sites for hydroxylation is 1. The summed E-state index contributed by atoms with van der Waals surface area (Å²) in [7, 11) is 0. The van der Waals surface area contributed by atoms with Gasteiger partial charge < -0.3 is 14.6 Å². The molecule has 0 fully saturated rings. The number of nitrogens with one attached hydrogen (secondary N) is 1. The molecular formula is C23H26N2O5S. The van der Waals surface area contributed by atoms with Crippen molar-refractivity contribution in [3.05, 3.63) is 74.0 Å². The molecule has 3 rings (SSSR count). The van der Waals surface area contributed by atoms with E-state index in [4.69, 9.17) is 9.47 Å². The van der Waals surface area contributed by atoms with Crippen molar-refractivity contribution in [3.63, 3.8) is 0 Å². The van der Waals surface area contributed by atoms with Gasteiger partial charge in [0, 0.05) is 12.6 Å². The Hall–Kier alpha value is -3.13. The monoisotopic (exact) mass is 442 g/mol. The number of aromatic amines is 1. The van der Waals surface area contributed by atoms with E-state index in [1.54, 1.807) is 32.2 Å². The van der Waals surface area contributed by atoms with Crippen LogP contribution in [0.1, 0.15) is 48.6 Å². The number of aromatic nitrogens is 2. The number of H-pyrrole nitrogens is 1. The predicted molar refractivity (Wildman–Crippen MR) is 119 cm³/mol. The van der Waals surface area contributed by atoms with Crippen LogP contribution in [0.15, 0.2) is 47.4 Å². The van der Waals surface area contributed by atoms with Gasteiger partial charge in [0.1, 0.15) is 12.4 Å². The molecule has 2 N–H and O–H groups in total. The number of hydrogen-bond acceptors (Lipinski definition) is 7. The number of carbonyl (C=O) groups excluding carboxylic acids is 1. The predicted octanol–water partition coefficient (Wildman–Crippen LogP) is 4.01. The van der Waals surface area contributed by atoms with E-state index in [2.05, 4.69) is 16.9 Å². The lowest BCUT2D eigenvalue weighted by atomic mass is 10.1. The fourth-order valence-electron chi connectivity index (χ4n) is 2.82. The van der Waals surface area contributed by atoms with Gasteiger partial charge in [-0.15, -0.1) is 0 Å². The Balaban J connectivity index is 1.67. The van der Waals surface area contributed by atoms with Crippen LogP contribution in [0.3, 0.4) is 0 Å². The Labute approximate surface area is 184 Å². The Kier molecular flexibility index (Phi) is 7.46. The summed E-state index contributed by atoms with van der Waals surface area (Å²) < 4.78 is 11.5. The molecule has 2 heterocycles. The van der Waals surface area contributed by atoms with E-state index in [1.165, 1.54) is 0 Å². The molecule has 8 heteroatoms. The molecule has 0 bridgehead atoms. The molecular weight excluding hydrogens is 416 g/mol. The summed E-state index contributed by atoms with van der Waals surface area (Å²) in [5.74, 6) is -0.0365. The number of esters is 1. The van der Waals surface area contributed by atoms with Crippen molar-refractivity contribution in [2.75, 3.05) is 6.61 Å². The van der Waals surface area contributed by atoms with Gasteiger partial charge in [0.25, 0.3) is 0 Å². The fraction of sp³-hybridized carbons (Fsp3) is 0.348. The van der Waals surface area contributed by atoms with E-state index in [1.807, 2.05) is 24.3 Å².